The SMILES string of the molecule is CCN1CCN(c2ccc(Nc3ncnc(Oc4cc(F)c5[nH]c(C)cc5c4F)c3C(=O)NC)cc2)CC1.CNC(=O)c1c(Nc2ccc(N3CCN(C)CC3)cc2)ncnc1Oc1cc(F)c2[nH]c(C)cc2c1F.CNC(=O)c1c(Nc2ccc(N3CCNCC3)cc2)ncnc1Oc1cc(F)c2[nH]c(C)cc2c1F. The van der Waals surface area contributed by atoms with Crippen LogP contribution in [0, 0.1) is 55.7 Å². The molecular formula is C78H81F6N21O6. The molecule has 0 aliphatic carbocycles. The molecule has 9 heterocycles. The van der Waals surface area contributed by atoms with E-state index in [0.717, 1.165) is 120 Å². The largest absolute Gasteiger partial charge is 0.435 e. The first kappa shape index (κ1) is 76.4. The van der Waals surface area contributed by atoms with E-state index in [2.05, 4.69) is 121 Å². The predicted molar refractivity (Wildman–Crippen MR) is 414 cm³/mol. The fourth-order valence-electron chi connectivity index (χ4n) is 13.1. The summed E-state index contributed by atoms with van der Waals surface area (Å²) in [4.78, 5) is 83.1. The van der Waals surface area contributed by atoms with Crippen molar-refractivity contribution in [2.24, 2.45) is 0 Å². The monoisotopic (exact) mass is 1520 g/mol. The zero-order valence-electron chi connectivity index (χ0n) is 62.0. The highest BCUT2D eigenvalue weighted by Crippen LogP contribution is 2.40. The van der Waals surface area contributed by atoms with E-state index >= 15 is 13.2 Å². The molecule has 0 unspecified atom stereocenters. The number of rotatable bonds is 19. The number of H-pyrrole nitrogens is 3. The van der Waals surface area contributed by atoms with Crippen LogP contribution in [0.25, 0.3) is 32.7 Å². The van der Waals surface area contributed by atoms with Gasteiger partial charge in [0.2, 0.25) is 17.6 Å². The molecule has 0 radical (unpaired) electrons. The van der Waals surface area contributed by atoms with E-state index in [1.165, 1.54) is 58.3 Å². The van der Waals surface area contributed by atoms with Crippen molar-refractivity contribution >= 4 is 102 Å². The predicted octanol–water partition coefficient (Wildman–Crippen LogP) is 12.6. The van der Waals surface area contributed by atoms with E-state index in [1.54, 1.807) is 20.8 Å². The van der Waals surface area contributed by atoms with Gasteiger partial charge in [0.05, 0.1) is 16.6 Å². The number of anilines is 9. The van der Waals surface area contributed by atoms with Gasteiger partial charge in [0.25, 0.3) is 17.7 Å². The molecule has 0 atom stereocenters. The van der Waals surface area contributed by atoms with E-state index in [-0.39, 0.29) is 84.5 Å². The minimum Gasteiger partial charge on any atom is -0.435 e. The maximum atomic E-state index is 15.2. The summed E-state index contributed by atoms with van der Waals surface area (Å²) < 4.78 is 106. The Balaban J connectivity index is 0.000000146. The summed E-state index contributed by atoms with van der Waals surface area (Å²) in [6, 6.07) is 30.5. The molecule has 111 heavy (non-hydrogen) atoms. The molecule has 3 aliphatic heterocycles. The average molecular weight is 1520 g/mol. The second-order valence-corrected chi connectivity index (χ2v) is 26.4. The van der Waals surface area contributed by atoms with E-state index < -0.39 is 69.9 Å². The Morgan fingerprint density at radius 2 is 0.712 bits per heavy atom. The Labute approximate surface area is 633 Å². The normalized spacial score (nSPS) is 13.9. The molecule has 3 amide bonds. The fourth-order valence-corrected chi connectivity index (χ4v) is 13.1. The number of fused-ring (bicyclic) bond motifs is 3. The molecule has 576 valence electrons. The van der Waals surface area contributed by atoms with Crippen LogP contribution in [0.15, 0.2) is 128 Å². The lowest BCUT2D eigenvalue weighted by atomic mass is 10.2. The number of likely N-dealkylation sites (N-methyl/N-ethyl adjacent to an activating group) is 2. The van der Waals surface area contributed by atoms with E-state index in [9.17, 15) is 27.6 Å². The molecule has 6 aromatic carbocycles. The van der Waals surface area contributed by atoms with Gasteiger partial charge in [0, 0.05) is 185 Å². The molecule has 0 spiro atoms. The van der Waals surface area contributed by atoms with Gasteiger partial charge in [-0.15, -0.1) is 0 Å². The van der Waals surface area contributed by atoms with Crippen LogP contribution in [0.2, 0.25) is 0 Å². The number of aryl methyl sites for hydroxylation is 3. The molecule has 27 nitrogen and oxygen atoms in total. The maximum absolute atomic E-state index is 15.2. The first-order chi connectivity index (χ1) is 53.6. The summed E-state index contributed by atoms with van der Waals surface area (Å²) in [6.07, 6.45) is 3.57. The number of carbonyl (C=O) groups excluding carboxylic acids is 3. The molecule has 15 rings (SSSR count). The second-order valence-electron chi connectivity index (χ2n) is 26.4. The fraction of sp³-hybridized carbons (Fsp3) is 0.269. The molecule has 3 saturated heterocycles. The van der Waals surface area contributed by atoms with Crippen LogP contribution in [0.5, 0.6) is 34.9 Å². The Morgan fingerprint density at radius 3 is 1.01 bits per heavy atom. The minimum atomic E-state index is -0.768. The van der Waals surface area contributed by atoms with Gasteiger partial charge in [0.15, 0.2) is 69.6 Å². The summed E-state index contributed by atoms with van der Waals surface area (Å²) in [5, 5.41) is 20.4. The summed E-state index contributed by atoms with van der Waals surface area (Å²) in [7, 11) is 6.45. The van der Waals surface area contributed by atoms with Crippen molar-refractivity contribution in [2.75, 3.05) is 144 Å². The van der Waals surface area contributed by atoms with Gasteiger partial charge in [-0.3, -0.25) is 14.4 Å². The van der Waals surface area contributed by atoms with Gasteiger partial charge in [-0.25, -0.2) is 56.2 Å². The first-order valence-electron chi connectivity index (χ1n) is 35.8. The molecule has 0 saturated carbocycles. The lowest BCUT2D eigenvalue weighted by Gasteiger charge is -2.35. The maximum Gasteiger partial charge on any atom is 0.260 e. The highest BCUT2D eigenvalue weighted by molar-refractivity contribution is 6.03. The third-order valence-corrected chi connectivity index (χ3v) is 19.1. The van der Waals surface area contributed by atoms with Crippen LogP contribution in [0.1, 0.15) is 55.1 Å². The Kier molecular flexibility index (Phi) is 23.3. The Hall–Kier alpha value is -12.8. The minimum absolute atomic E-state index is 0.0400. The van der Waals surface area contributed by atoms with Crippen molar-refractivity contribution < 1.29 is 54.9 Å². The molecule has 6 aromatic heterocycles. The number of ether oxygens (including phenoxy) is 3. The zero-order chi connectivity index (χ0) is 78.1. The molecule has 10 N–H and O–H groups in total. The Bertz CT molecular complexity index is 5380. The van der Waals surface area contributed by atoms with Gasteiger partial charge in [-0.1, -0.05) is 6.92 Å². The van der Waals surface area contributed by atoms with Gasteiger partial charge >= 0.3 is 0 Å². The van der Waals surface area contributed by atoms with Crippen molar-refractivity contribution in [1.82, 2.24) is 75.9 Å². The lowest BCUT2D eigenvalue weighted by molar-refractivity contribution is 0.0952. The number of nitrogens with one attached hydrogen (secondary N) is 10. The van der Waals surface area contributed by atoms with Crippen LogP contribution in [-0.4, -0.2) is 186 Å². The number of hydrogen-bond donors (Lipinski definition) is 10. The van der Waals surface area contributed by atoms with Crippen molar-refractivity contribution in [3.8, 4) is 34.9 Å². The lowest BCUT2D eigenvalue weighted by Crippen LogP contribution is -2.46. The number of hydrogen-bond acceptors (Lipinski definition) is 21. The molecule has 0 bridgehead atoms. The zero-order valence-corrected chi connectivity index (χ0v) is 62.0. The number of aromatic nitrogens is 9. The first-order valence-corrected chi connectivity index (χ1v) is 35.8. The number of benzene rings is 6. The number of halogens is 6. The molecule has 12 aromatic rings. The summed E-state index contributed by atoms with van der Waals surface area (Å²) in [5.41, 5.74) is 7.16. The quantitative estimate of drug-likeness (QED) is 0.0336. The van der Waals surface area contributed by atoms with E-state index in [4.69, 9.17) is 14.2 Å². The Morgan fingerprint density at radius 1 is 0.414 bits per heavy atom. The molecule has 3 fully saturated rings. The van der Waals surface area contributed by atoms with Crippen LogP contribution in [-0.2, 0) is 0 Å². The van der Waals surface area contributed by atoms with Crippen LogP contribution in [0.4, 0.5) is 77.9 Å². The molecule has 3 aliphatic rings. The highest BCUT2D eigenvalue weighted by atomic mass is 19.1. The number of piperazine rings is 3. The number of aromatic amines is 3. The van der Waals surface area contributed by atoms with Crippen LogP contribution >= 0.6 is 0 Å². The van der Waals surface area contributed by atoms with Crippen molar-refractivity contribution in [3.05, 3.63) is 197 Å². The standard InChI is InChI=1S/C27H29F2N7O2.C26H27F2N7O2.C25H25F2N7O2/c1-4-35-9-11-36(12-10-35)18-7-5-17(6-8-18)34-25-22(26(37)30-3)27(32-15-31-25)38-21-14-20(28)24-19(23(21)29)13-16(2)33-24;1-15-12-18-22(28)20(13-19(27)23(18)32-15)37-26-21(25(36)29-2)24(30-14-31-26)33-16-4-6-17(7-5-16)35-10-8-34(3)9-11-35;1-14-11-17-21(27)19(12-18(26)22(17)32-14)36-25-20(24(35)28-2)23(30-13-31-25)33-15-3-5-16(6-4-15)34-9-7-29-8-10-34/h5-8,13-15,33H,4,9-12H2,1-3H3,(H,30,37)(H,31,32,34);4-7,12-14,32H,8-11H2,1-3H3,(H,29,36)(H,30,31,33);3-6,11-13,29,32H,7-10H2,1-2H3,(H,28,35)(H,30,31,33). The smallest absolute Gasteiger partial charge is 0.260 e. The molecule has 33 heteroatoms. The summed E-state index contributed by atoms with van der Waals surface area (Å²) >= 11 is 0. The van der Waals surface area contributed by atoms with Crippen molar-refractivity contribution in [2.45, 2.75) is 27.7 Å². The third kappa shape index (κ3) is 17.1. The number of amides is 3. The van der Waals surface area contributed by atoms with Crippen LogP contribution in [0.3, 0.4) is 0 Å². The average Bonchev–Trinajstić information content (AvgIpc) is 1.63. The van der Waals surface area contributed by atoms with E-state index in [1.807, 2.05) is 72.8 Å². The summed E-state index contributed by atoms with van der Waals surface area (Å²) in [6.45, 7) is 19.9. The van der Waals surface area contributed by atoms with Gasteiger partial charge in [-0.05, 0) is 125 Å². The third-order valence-electron chi connectivity index (χ3n) is 19.1. The number of carbonyl (C=O) groups is 3. The second kappa shape index (κ2) is 33.8. The topological polar surface area (TPSA) is 304 Å². The van der Waals surface area contributed by atoms with Crippen LogP contribution < -0.4 is 66.1 Å². The van der Waals surface area contributed by atoms with Gasteiger partial charge in [-0.2, -0.15) is 0 Å². The summed E-state index contributed by atoms with van der Waals surface area (Å²) in [5.74, 6) is -7.34. The van der Waals surface area contributed by atoms with E-state index in [0.29, 0.717) is 34.1 Å². The number of nitrogens with zero attached hydrogens (tertiary/aromatic N) is 11. The van der Waals surface area contributed by atoms with Crippen molar-refractivity contribution in [1.29, 1.82) is 0 Å². The highest BCUT2D eigenvalue weighted by Gasteiger charge is 2.29. The van der Waals surface area contributed by atoms with Gasteiger partial charge < -0.3 is 90.9 Å². The molecular weight excluding hydrogens is 1440 g/mol. The van der Waals surface area contributed by atoms with Crippen molar-refractivity contribution in [3.63, 3.8) is 0 Å². The van der Waals surface area contributed by atoms with Gasteiger partial charge in [0.1, 0.15) is 35.7 Å².